The lowest BCUT2D eigenvalue weighted by molar-refractivity contribution is -0.137. The van der Waals surface area contributed by atoms with Crippen molar-refractivity contribution in [3.63, 3.8) is 0 Å². The molecule has 0 aliphatic carbocycles. The molecule has 1 aromatic carbocycles. The van der Waals surface area contributed by atoms with Gasteiger partial charge in [0, 0.05) is 24.6 Å². The largest absolute Gasteiger partial charge is 0.418 e. The summed E-state index contributed by atoms with van der Waals surface area (Å²) >= 11 is 0. The molecule has 0 fully saturated rings. The van der Waals surface area contributed by atoms with E-state index in [1.807, 2.05) is 0 Å². The number of para-hydroxylation sites is 1. The standard InChI is InChI=1S/C15H18F3NO3S/c1-14(2)9-19(12(20)7-8-23(3,21)22)13-10(14)5-4-6-11(13)15(16,17)18/h4-6H,7-9H2,1-3H3. The Hall–Kier alpha value is -1.57. The number of hydrogen-bond acceptors (Lipinski definition) is 3. The molecule has 1 aliphatic rings. The van der Waals surface area contributed by atoms with Gasteiger partial charge in [0.2, 0.25) is 5.91 Å². The van der Waals surface area contributed by atoms with E-state index in [0.29, 0.717) is 5.56 Å². The summed E-state index contributed by atoms with van der Waals surface area (Å²) in [6.45, 7) is 3.61. The van der Waals surface area contributed by atoms with Crippen molar-refractivity contribution in [2.24, 2.45) is 0 Å². The first kappa shape index (κ1) is 17.8. The van der Waals surface area contributed by atoms with E-state index in [4.69, 9.17) is 0 Å². The molecule has 128 valence electrons. The van der Waals surface area contributed by atoms with Crippen molar-refractivity contribution in [2.45, 2.75) is 31.9 Å². The Kier molecular flexibility index (Phi) is 4.26. The fraction of sp³-hybridized carbons (Fsp3) is 0.533. The minimum absolute atomic E-state index is 0.0953. The second-order valence-corrected chi connectivity index (χ2v) is 8.70. The van der Waals surface area contributed by atoms with Gasteiger partial charge in [-0.1, -0.05) is 26.0 Å². The Morgan fingerprint density at radius 2 is 1.91 bits per heavy atom. The number of amides is 1. The zero-order valence-electron chi connectivity index (χ0n) is 13.1. The van der Waals surface area contributed by atoms with Crippen LogP contribution in [-0.4, -0.2) is 32.9 Å². The molecule has 0 unspecified atom stereocenters. The number of alkyl halides is 3. The van der Waals surface area contributed by atoms with E-state index in [-0.39, 0.29) is 24.4 Å². The van der Waals surface area contributed by atoms with Gasteiger partial charge in [-0.2, -0.15) is 13.2 Å². The minimum Gasteiger partial charge on any atom is -0.311 e. The Morgan fingerprint density at radius 1 is 1.30 bits per heavy atom. The van der Waals surface area contributed by atoms with Crippen molar-refractivity contribution in [1.29, 1.82) is 0 Å². The molecule has 0 atom stereocenters. The smallest absolute Gasteiger partial charge is 0.311 e. The van der Waals surface area contributed by atoms with Gasteiger partial charge in [0.15, 0.2) is 0 Å². The quantitative estimate of drug-likeness (QED) is 0.843. The van der Waals surface area contributed by atoms with Crippen molar-refractivity contribution in [3.05, 3.63) is 29.3 Å². The third-order valence-electron chi connectivity index (χ3n) is 3.88. The second kappa shape index (κ2) is 5.51. The molecule has 1 amide bonds. The van der Waals surface area contributed by atoms with Crippen molar-refractivity contribution in [2.75, 3.05) is 23.5 Å². The summed E-state index contributed by atoms with van der Waals surface area (Å²) in [7, 11) is -3.36. The first-order valence-electron chi connectivity index (χ1n) is 7.02. The molecule has 1 heterocycles. The van der Waals surface area contributed by atoms with Gasteiger partial charge in [-0.05, 0) is 11.6 Å². The molecule has 0 saturated carbocycles. The Morgan fingerprint density at radius 3 is 2.43 bits per heavy atom. The van der Waals surface area contributed by atoms with Crippen LogP contribution in [0.3, 0.4) is 0 Å². The van der Waals surface area contributed by atoms with Crippen molar-refractivity contribution >= 4 is 21.4 Å². The van der Waals surface area contributed by atoms with Gasteiger partial charge in [0.05, 0.1) is 17.0 Å². The molecular weight excluding hydrogens is 331 g/mol. The van der Waals surface area contributed by atoms with Crippen molar-refractivity contribution in [3.8, 4) is 0 Å². The number of carbonyl (C=O) groups excluding carboxylic acids is 1. The lowest BCUT2D eigenvalue weighted by Gasteiger charge is -2.22. The highest BCUT2D eigenvalue weighted by Gasteiger charge is 2.44. The first-order valence-corrected chi connectivity index (χ1v) is 9.08. The zero-order valence-corrected chi connectivity index (χ0v) is 13.9. The number of fused-ring (bicyclic) bond motifs is 1. The minimum atomic E-state index is -4.58. The molecule has 0 saturated heterocycles. The number of carbonyl (C=O) groups is 1. The van der Waals surface area contributed by atoms with Crippen LogP contribution in [0.5, 0.6) is 0 Å². The van der Waals surface area contributed by atoms with Crippen LogP contribution in [0.1, 0.15) is 31.4 Å². The second-order valence-electron chi connectivity index (χ2n) is 6.44. The van der Waals surface area contributed by atoms with Crippen LogP contribution >= 0.6 is 0 Å². The van der Waals surface area contributed by atoms with E-state index in [2.05, 4.69) is 0 Å². The van der Waals surface area contributed by atoms with Crippen LogP contribution in [0.4, 0.5) is 18.9 Å². The summed E-state index contributed by atoms with van der Waals surface area (Å²) in [5, 5.41) is 0. The molecule has 1 aromatic rings. The van der Waals surface area contributed by atoms with Crippen LogP contribution in [0.25, 0.3) is 0 Å². The average Bonchev–Trinajstić information content (AvgIpc) is 2.66. The van der Waals surface area contributed by atoms with E-state index < -0.39 is 32.9 Å². The monoisotopic (exact) mass is 349 g/mol. The molecule has 0 aromatic heterocycles. The van der Waals surface area contributed by atoms with Crippen molar-refractivity contribution in [1.82, 2.24) is 0 Å². The van der Waals surface area contributed by atoms with Gasteiger partial charge >= 0.3 is 6.18 Å². The summed E-state index contributed by atoms with van der Waals surface area (Å²) in [6, 6.07) is 3.85. The summed E-state index contributed by atoms with van der Waals surface area (Å²) < 4.78 is 62.2. The molecule has 23 heavy (non-hydrogen) atoms. The van der Waals surface area contributed by atoms with Crippen LogP contribution in [-0.2, 0) is 26.2 Å². The Labute approximate surface area is 133 Å². The number of anilines is 1. The normalized spacial score (nSPS) is 17.2. The Bertz CT molecular complexity index is 739. The predicted octanol–water partition coefficient (Wildman–Crippen LogP) is 2.76. The van der Waals surface area contributed by atoms with Gasteiger partial charge in [0.25, 0.3) is 0 Å². The molecular formula is C15H18F3NO3S. The summed E-state index contributed by atoms with van der Waals surface area (Å²) in [5.74, 6) is -0.995. The molecule has 1 aliphatic heterocycles. The summed E-state index contributed by atoms with van der Waals surface area (Å²) in [5.41, 5.74) is -1.20. The molecule has 0 bridgehead atoms. The highest BCUT2D eigenvalue weighted by molar-refractivity contribution is 7.90. The van der Waals surface area contributed by atoms with Crippen molar-refractivity contribution < 1.29 is 26.4 Å². The first-order chi connectivity index (χ1) is 10.3. The number of nitrogens with zero attached hydrogens (tertiary/aromatic N) is 1. The van der Waals surface area contributed by atoms with E-state index in [9.17, 15) is 26.4 Å². The Balaban J connectivity index is 2.46. The van der Waals surface area contributed by atoms with Gasteiger partial charge in [-0.15, -0.1) is 0 Å². The fourth-order valence-electron chi connectivity index (χ4n) is 2.79. The van der Waals surface area contributed by atoms with Gasteiger partial charge < -0.3 is 4.90 Å². The van der Waals surface area contributed by atoms with Gasteiger partial charge in [-0.3, -0.25) is 4.79 Å². The number of halogens is 3. The molecule has 8 heteroatoms. The van der Waals surface area contributed by atoms with Crippen LogP contribution in [0.2, 0.25) is 0 Å². The third-order valence-corrected chi connectivity index (χ3v) is 4.83. The number of sulfone groups is 1. The highest BCUT2D eigenvalue weighted by atomic mass is 32.2. The van der Waals surface area contributed by atoms with E-state index in [1.165, 1.54) is 6.07 Å². The van der Waals surface area contributed by atoms with E-state index in [1.54, 1.807) is 19.9 Å². The lowest BCUT2D eigenvalue weighted by atomic mass is 9.86. The SMILES string of the molecule is CC1(C)CN(C(=O)CCS(C)(=O)=O)c2c(C(F)(F)F)cccc21. The fourth-order valence-corrected chi connectivity index (χ4v) is 3.33. The number of benzene rings is 1. The zero-order chi connectivity index (χ0) is 17.6. The van der Waals surface area contributed by atoms with Gasteiger partial charge in [0.1, 0.15) is 9.84 Å². The number of rotatable bonds is 3. The lowest BCUT2D eigenvalue weighted by Crippen LogP contribution is -2.35. The van der Waals surface area contributed by atoms with Crippen LogP contribution < -0.4 is 4.90 Å². The maximum absolute atomic E-state index is 13.3. The summed E-state index contributed by atoms with van der Waals surface area (Å²) in [4.78, 5) is 13.4. The summed E-state index contributed by atoms with van der Waals surface area (Å²) in [6.07, 6.45) is -3.93. The van der Waals surface area contributed by atoms with E-state index >= 15 is 0 Å². The van der Waals surface area contributed by atoms with Crippen LogP contribution in [0.15, 0.2) is 18.2 Å². The molecule has 0 N–H and O–H groups in total. The maximum Gasteiger partial charge on any atom is 0.418 e. The predicted molar refractivity (Wildman–Crippen MR) is 81.2 cm³/mol. The third kappa shape index (κ3) is 3.68. The topological polar surface area (TPSA) is 54.5 Å². The van der Waals surface area contributed by atoms with Gasteiger partial charge in [-0.25, -0.2) is 8.42 Å². The maximum atomic E-state index is 13.3. The molecule has 4 nitrogen and oxygen atoms in total. The highest BCUT2D eigenvalue weighted by Crippen LogP contribution is 2.47. The number of hydrogen-bond donors (Lipinski definition) is 0. The average molecular weight is 349 g/mol. The van der Waals surface area contributed by atoms with Crippen LogP contribution in [0, 0.1) is 0 Å². The molecule has 0 spiro atoms. The van der Waals surface area contributed by atoms with E-state index in [0.717, 1.165) is 17.2 Å². The molecule has 0 radical (unpaired) electrons. The molecule has 2 rings (SSSR count).